The molecule has 0 aliphatic carbocycles. The SMILES string of the molecule is CON1CC(C)(C)CC1=O. The van der Waals surface area contributed by atoms with E-state index in [4.69, 9.17) is 4.84 Å². The fourth-order valence-corrected chi connectivity index (χ4v) is 1.20. The number of amides is 1. The number of hydrogen-bond donors (Lipinski definition) is 0. The molecule has 0 atom stereocenters. The summed E-state index contributed by atoms with van der Waals surface area (Å²) in [6.07, 6.45) is 0.598. The highest BCUT2D eigenvalue weighted by atomic mass is 16.7. The molecule has 1 saturated heterocycles. The number of hydroxylamine groups is 2. The maximum atomic E-state index is 11.0. The van der Waals surface area contributed by atoms with Crippen LogP contribution in [0, 0.1) is 5.41 Å². The van der Waals surface area contributed by atoms with Crippen LogP contribution in [0.3, 0.4) is 0 Å². The van der Waals surface area contributed by atoms with Crippen molar-refractivity contribution in [3.8, 4) is 0 Å². The van der Waals surface area contributed by atoms with Crippen LogP contribution in [-0.4, -0.2) is 24.6 Å². The molecule has 0 spiro atoms. The van der Waals surface area contributed by atoms with Crippen LogP contribution in [0.2, 0.25) is 0 Å². The van der Waals surface area contributed by atoms with Crippen LogP contribution in [0.25, 0.3) is 0 Å². The van der Waals surface area contributed by atoms with Gasteiger partial charge in [-0.3, -0.25) is 9.63 Å². The van der Waals surface area contributed by atoms with Gasteiger partial charge in [0.05, 0.1) is 13.7 Å². The lowest BCUT2D eigenvalue weighted by atomic mass is 9.93. The molecule has 1 fully saturated rings. The summed E-state index contributed by atoms with van der Waals surface area (Å²) in [5.41, 5.74) is 0.0904. The minimum Gasteiger partial charge on any atom is -0.274 e. The average molecular weight is 143 g/mol. The maximum absolute atomic E-state index is 11.0. The molecule has 0 saturated carbocycles. The molecular formula is C7H13NO2. The van der Waals surface area contributed by atoms with Gasteiger partial charge in [-0.15, -0.1) is 0 Å². The Morgan fingerprint density at radius 2 is 2.20 bits per heavy atom. The van der Waals surface area contributed by atoms with Gasteiger partial charge in [0.25, 0.3) is 0 Å². The highest BCUT2D eigenvalue weighted by molar-refractivity contribution is 5.78. The van der Waals surface area contributed by atoms with Gasteiger partial charge in [0.15, 0.2) is 0 Å². The van der Waals surface area contributed by atoms with Gasteiger partial charge < -0.3 is 0 Å². The van der Waals surface area contributed by atoms with Gasteiger partial charge in [0.1, 0.15) is 0 Å². The van der Waals surface area contributed by atoms with Crippen LogP contribution in [0.1, 0.15) is 20.3 Å². The van der Waals surface area contributed by atoms with Gasteiger partial charge in [-0.1, -0.05) is 13.8 Å². The molecule has 1 aliphatic rings. The molecule has 0 radical (unpaired) electrons. The molecule has 1 aliphatic heterocycles. The first-order valence-corrected chi connectivity index (χ1v) is 3.40. The summed E-state index contributed by atoms with van der Waals surface area (Å²) in [5.74, 6) is 0.0903. The number of nitrogens with zero attached hydrogens (tertiary/aromatic N) is 1. The van der Waals surface area contributed by atoms with Gasteiger partial charge in [-0.05, 0) is 5.41 Å². The normalized spacial score (nSPS) is 23.9. The molecule has 1 amide bonds. The van der Waals surface area contributed by atoms with Crippen molar-refractivity contribution in [3.63, 3.8) is 0 Å². The molecule has 0 aromatic rings. The van der Waals surface area contributed by atoms with Crippen molar-refractivity contribution in [2.24, 2.45) is 5.41 Å². The van der Waals surface area contributed by atoms with E-state index >= 15 is 0 Å². The molecule has 58 valence electrons. The third-order valence-electron chi connectivity index (χ3n) is 1.70. The van der Waals surface area contributed by atoms with Crippen molar-refractivity contribution >= 4 is 5.91 Å². The van der Waals surface area contributed by atoms with Crippen molar-refractivity contribution in [2.75, 3.05) is 13.7 Å². The fraction of sp³-hybridized carbons (Fsp3) is 0.857. The molecule has 1 heterocycles. The highest BCUT2D eigenvalue weighted by Gasteiger charge is 2.35. The summed E-state index contributed by atoms with van der Waals surface area (Å²) in [6.45, 7) is 4.83. The summed E-state index contributed by atoms with van der Waals surface area (Å²) >= 11 is 0. The molecule has 1 rings (SSSR count). The third kappa shape index (κ3) is 1.29. The quantitative estimate of drug-likeness (QED) is 0.543. The predicted molar refractivity (Wildman–Crippen MR) is 37.1 cm³/mol. The van der Waals surface area contributed by atoms with Crippen molar-refractivity contribution in [1.29, 1.82) is 0 Å². The van der Waals surface area contributed by atoms with Crippen LogP contribution in [0.15, 0.2) is 0 Å². The Balaban J connectivity index is 2.61. The Kier molecular flexibility index (Phi) is 1.68. The summed E-state index contributed by atoms with van der Waals surface area (Å²) in [4.78, 5) is 15.9. The summed E-state index contributed by atoms with van der Waals surface area (Å²) in [5, 5.41) is 1.42. The average Bonchev–Trinajstić information content (AvgIpc) is 2.05. The standard InChI is InChI=1S/C7H13NO2/c1-7(2)4-6(9)8(5-7)10-3/h4-5H2,1-3H3. The Bertz CT molecular complexity index is 154. The zero-order chi connectivity index (χ0) is 7.78. The minimum atomic E-state index is 0.0903. The largest absolute Gasteiger partial charge is 0.274 e. The van der Waals surface area contributed by atoms with E-state index in [-0.39, 0.29) is 11.3 Å². The smallest absolute Gasteiger partial charge is 0.246 e. The lowest BCUT2D eigenvalue weighted by Gasteiger charge is -2.16. The number of carbonyl (C=O) groups is 1. The maximum Gasteiger partial charge on any atom is 0.246 e. The van der Waals surface area contributed by atoms with Crippen LogP contribution in [0.5, 0.6) is 0 Å². The molecule has 0 bridgehead atoms. The minimum absolute atomic E-state index is 0.0903. The summed E-state index contributed by atoms with van der Waals surface area (Å²) in [6, 6.07) is 0. The number of hydrogen-bond acceptors (Lipinski definition) is 2. The molecule has 0 aromatic carbocycles. The van der Waals surface area contributed by atoms with Crippen LogP contribution >= 0.6 is 0 Å². The van der Waals surface area contributed by atoms with Crippen LogP contribution in [0.4, 0.5) is 0 Å². The van der Waals surface area contributed by atoms with E-state index in [1.807, 2.05) is 0 Å². The van der Waals surface area contributed by atoms with E-state index in [2.05, 4.69) is 13.8 Å². The van der Waals surface area contributed by atoms with Crippen molar-refractivity contribution < 1.29 is 9.63 Å². The van der Waals surface area contributed by atoms with Gasteiger partial charge in [0.2, 0.25) is 5.91 Å². The number of rotatable bonds is 1. The number of carbonyl (C=O) groups excluding carboxylic acids is 1. The summed E-state index contributed by atoms with van der Waals surface area (Å²) in [7, 11) is 1.53. The first kappa shape index (κ1) is 7.54. The topological polar surface area (TPSA) is 29.5 Å². The van der Waals surface area contributed by atoms with E-state index in [1.54, 1.807) is 0 Å². The van der Waals surface area contributed by atoms with E-state index in [9.17, 15) is 4.79 Å². The van der Waals surface area contributed by atoms with Crippen molar-refractivity contribution in [1.82, 2.24) is 5.06 Å². The monoisotopic (exact) mass is 143 g/mol. The Labute approximate surface area is 60.9 Å². The molecular weight excluding hydrogens is 130 g/mol. The van der Waals surface area contributed by atoms with Crippen LogP contribution < -0.4 is 0 Å². The van der Waals surface area contributed by atoms with Gasteiger partial charge in [-0.2, -0.15) is 0 Å². The van der Waals surface area contributed by atoms with E-state index in [1.165, 1.54) is 12.2 Å². The molecule has 10 heavy (non-hydrogen) atoms. The van der Waals surface area contributed by atoms with E-state index in [0.29, 0.717) is 13.0 Å². The van der Waals surface area contributed by atoms with Gasteiger partial charge in [0, 0.05) is 6.42 Å². The first-order valence-electron chi connectivity index (χ1n) is 3.40. The second-order valence-corrected chi connectivity index (χ2v) is 3.45. The van der Waals surface area contributed by atoms with Crippen molar-refractivity contribution in [3.05, 3.63) is 0 Å². The van der Waals surface area contributed by atoms with E-state index < -0.39 is 0 Å². The van der Waals surface area contributed by atoms with Crippen molar-refractivity contribution in [2.45, 2.75) is 20.3 Å². The Morgan fingerprint density at radius 1 is 1.60 bits per heavy atom. The second kappa shape index (κ2) is 2.23. The second-order valence-electron chi connectivity index (χ2n) is 3.45. The Morgan fingerprint density at radius 3 is 2.40 bits per heavy atom. The van der Waals surface area contributed by atoms with Gasteiger partial charge >= 0.3 is 0 Å². The molecule has 3 nitrogen and oxygen atoms in total. The predicted octanol–water partition coefficient (Wildman–Crippen LogP) is 0.806. The first-order chi connectivity index (χ1) is 4.55. The lowest BCUT2D eigenvalue weighted by Crippen LogP contribution is -2.24. The van der Waals surface area contributed by atoms with Crippen LogP contribution in [-0.2, 0) is 9.63 Å². The summed E-state index contributed by atoms with van der Waals surface area (Å²) < 4.78 is 0. The fourth-order valence-electron chi connectivity index (χ4n) is 1.20. The zero-order valence-corrected chi connectivity index (χ0v) is 6.68. The third-order valence-corrected chi connectivity index (χ3v) is 1.70. The zero-order valence-electron chi connectivity index (χ0n) is 6.68. The van der Waals surface area contributed by atoms with E-state index in [0.717, 1.165) is 0 Å². The van der Waals surface area contributed by atoms with Gasteiger partial charge in [-0.25, -0.2) is 5.06 Å². The highest BCUT2D eigenvalue weighted by Crippen LogP contribution is 2.29. The Hall–Kier alpha value is -0.570. The molecule has 3 heteroatoms. The molecule has 0 unspecified atom stereocenters. The molecule has 0 aromatic heterocycles. The molecule has 0 N–H and O–H groups in total. The lowest BCUT2D eigenvalue weighted by molar-refractivity contribution is -0.168.